The van der Waals surface area contributed by atoms with Crippen molar-refractivity contribution in [1.82, 2.24) is 0 Å². The van der Waals surface area contributed by atoms with E-state index in [9.17, 15) is 0 Å². The predicted octanol–water partition coefficient (Wildman–Crippen LogP) is 3.37. The fourth-order valence-corrected chi connectivity index (χ4v) is 1.48. The van der Waals surface area contributed by atoms with Crippen molar-refractivity contribution < 1.29 is 4.74 Å². The highest BCUT2D eigenvalue weighted by Gasteiger charge is 2.08. The molecule has 0 aromatic heterocycles. The average Bonchev–Trinajstić information content (AvgIpc) is 2.21. The van der Waals surface area contributed by atoms with Crippen molar-refractivity contribution in [2.45, 2.75) is 39.7 Å². The normalized spacial score (nSPS) is 11.9. The Morgan fingerprint density at radius 1 is 1.40 bits per heavy atom. The molecule has 0 aliphatic heterocycles. The molecule has 1 unspecified atom stereocenters. The van der Waals surface area contributed by atoms with Gasteiger partial charge in [0, 0.05) is 0 Å². The second-order valence-electron chi connectivity index (χ2n) is 3.78. The van der Waals surface area contributed by atoms with Gasteiger partial charge >= 0.3 is 0 Å². The minimum atomic E-state index is 0.0106. The van der Waals surface area contributed by atoms with Crippen LogP contribution in [0.1, 0.15) is 30.9 Å². The first kappa shape index (κ1) is 11.6. The Hall–Kier alpha value is -1.49. The molecular weight excluding hydrogens is 186 g/mol. The van der Waals surface area contributed by atoms with E-state index in [0.717, 1.165) is 17.7 Å². The van der Waals surface area contributed by atoms with Gasteiger partial charge in [0.05, 0.1) is 12.5 Å². The van der Waals surface area contributed by atoms with Crippen LogP contribution in [0.4, 0.5) is 0 Å². The quantitative estimate of drug-likeness (QED) is 0.751. The fourth-order valence-electron chi connectivity index (χ4n) is 1.48. The van der Waals surface area contributed by atoms with Crippen LogP contribution < -0.4 is 4.74 Å². The molecule has 0 saturated heterocycles. The van der Waals surface area contributed by atoms with Crippen LogP contribution in [0.25, 0.3) is 0 Å². The molecule has 0 aliphatic rings. The molecule has 0 spiro atoms. The summed E-state index contributed by atoms with van der Waals surface area (Å²) in [5.41, 5.74) is 2.36. The maximum Gasteiger partial charge on any atom is 0.122 e. The van der Waals surface area contributed by atoms with Crippen molar-refractivity contribution in [1.29, 1.82) is 5.26 Å². The van der Waals surface area contributed by atoms with Crippen molar-refractivity contribution in [3.8, 4) is 11.8 Å². The Labute approximate surface area is 91.5 Å². The van der Waals surface area contributed by atoms with E-state index < -0.39 is 0 Å². The maximum atomic E-state index is 8.63. The monoisotopic (exact) mass is 203 g/mol. The number of rotatable bonds is 4. The van der Waals surface area contributed by atoms with E-state index >= 15 is 0 Å². The van der Waals surface area contributed by atoms with E-state index in [1.807, 2.05) is 26.0 Å². The molecule has 2 nitrogen and oxygen atoms in total. The van der Waals surface area contributed by atoms with Crippen LogP contribution in [0.15, 0.2) is 18.2 Å². The average molecular weight is 203 g/mol. The van der Waals surface area contributed by atoms with E-state index in [2.05, 4.69) is 19.1 Å². The van der Waals surface area contributed by atoms with Crippen LogP contribution in [0.5, 0.6) is 5.75 Å². The molecule has 2 heteroatoms. The molecular formula is C13H17NO. The molecule has 1 atom stereocenters. The number of hydrogen-bond acceptors (Lipinski definition) is 2. The summed E-state index contributed by atoms with van der Waals surface area (Å²) in [6, 6.07) is 8.24. The Balaban J connectivity index is 2.75. The number of nitriles is 1. The number of aryl methyl sites for hydroxylation is 2. The van der Waals surface area contributed by atoms with E-state index in [1.54, 1.807) is 0 Å². The van der Waals surface area contributed by atoms with Crippen LogP contribution in [-0.2, 0) is 0 Å². The third-order valence-electron chi connectivity index (χ3n) is 2.40. The van der Waals surface area contributed by atoms with Crippen molar-refractivity contribution in [3.05, 3.63) is 29.3 Å². The summed E-state index contributed by atoms with van der Waals surface area (Å²) in [4.78, 5) is 0. The Kier molecular flexibility index (Phi) is 4.17. The molecule has 0 bridgehead atoms. The lowest BCUT2D eigenvalue weighted by Crippen LogP contribution is -2.14. The molecule has 1 aromatic rings. The van der Waals surface area contributed by atoms with Crippen molar-refractivity contribution >= 4 is 0 Å². The van der Waals surface area contributed by atoms with Crippen LogP contribution >= 0.6 is 0 Å². The minimum Gasteiger partial charge on any atom is -0.489 e. The molecule has 0 amide bonds. The van der Waals surface area contributed by atoms with Gasteiger partial charge in [0.25, 0.3) is 0 Å². The number of benzene rings is 1. The second-order valence-corrected chi connectivity index (χ2v) is 3.78. The van der Waals surface area contributed by atoms with Crippen LogP contribution in [-0.4, -0.2) is 6.10 Å². The molecule has 0 heterocycles. The molecule has 0 N–H and O–H groups in total. The number of ether oxygens (including phenoxy) is 1. The zero-order valence-corrected chi connectivity index (χ0v) is 9.58. The summed E-state index contributed by atoms with van der Waals surface area (Å²) in [5.74, 6) is 0.891. The summed E-state index contributed by atoms with van der Waals surface area (Å²) in [6.07, 6.45) is 1.32. The van der Waals surface area contributed by atoms with Crippen molar-refractivity contribution in [2.75, 3.05) is 0 Å². The Bertz CT molecular complexity index is 365. The van der Waals surface area contributed by atoms with Gasteiger partial charge in [-0.1, -0.05) is 24.6 Å². The lowest BCUT2D eigenvalue weighted by Gasteiger charge is -2.16. The molecule has 0 saturated carbocycles. The highest BCUT2D eigenvalue weighted by atomic mass is 16.5. The van der Waals surface area contributed by atoms with E-state index in [0.29, 0.717) is 6.42 Å². The Morgan fingerprint density at radius 2 is 2.13 bits per heavy atom. The largest absolute Gasteiger partial charge is 0.489 e. The first-order valence-corrected chi connectivity index (χ1v) is 5.28. The Morgan fingerprint density at radius 3 is 2.67 bits per heavy atom. The smallest absolute Gasteiger partial charge is 0.122 e. The number of hydrogen-bond donors (Lipinski definition) is 0. The van der Waals surface area contributed by atoms with Gasteiger partial charge in [-0.3, -0.25) is 0 Å². The van der Waals surface area contributed by atoms with Crippen molar-refractivity contribution in [3.63, 3.8) is 0 Å². The van der Waals surface area contributed by atoms with Gasteiger partial charge in [-0.2, -0.15) is 5.26 Å². The molecule has 0 aliphatic carbocycles. The van der Waals surface area contributed by atoms with Gasteiger partial charge in [0.2, 0.25) is 0 Å². The molecule has 15 heavy (non-hydrogen) atoms. The summed E-state index contributed by atoms with van der Waals surface area (Å²) in [7, 11) is 0. The van der Waals surface area contributed by atoms with Crippen LogP contribution in [0.3, 0.4) is 0 Å². The lowest BCUT2D eigenvalue weighted by atomic mass is 10.1. The molecule has 80 valence electrons. The van der Waals surface area contributed by atoms with E-state index in [1.165, 1.54) is 5.56 Å². The molecule has 1 aromatic carbocycles. The van der Waals surface area contributed by atoms with Gasteiger partial charge in [0.1, 0.15) is 11.9 Å². The van der Waals surface area contributed by atoms with Gasteiger partial charge < -0.3 is 4.74 Å². The first-order valence-electron chi connectivity index (χ1n) is 5.28. The topological polar surface area (TPSA) is 33.0 Å². The minimum absolute atomic E-state index is 0.0106. The van der Waals surface area contributed by atoms with E-state index in [-0.39, 0.29) is 6.10 Å². The summed E-state index contributed by atoms with van der Waals surface area (Å²) < 4.78 is 5.77. The van der Waals surface area contributed by atoms with Gasteiger partial charge in [-0.05, 0) is 31.9 Å². The van der Waals surface area contributed by atoms with Crippen LogP contribution in [0, 0.1) is 25.2 Å². The summed E-state index contributed by atoms with van der Waals surface area (Å²) in [5, 5.41) is 8.63. The first-order chi connectivity index (χ1) is 7.17. The van der Waals surface area contributed by atoms with E-state index in [4.69, 9.17) is 10.00 Å². The standard InChI is InChI=1S/C13H17NO/c1-4-12(7-8-14)15-13-6-5-10(2)9-11(13)3/h5-6,9,12H,4,7H2,1-3H3. The molecule has 0 radical (unpaired) electrons. The highest BCUT2D eigenvalue weighted by Crippen LogP contribution is 2.21. The molecule has 0 fully saturated rings. The third kappa shape index (κ3) is 3.28. The SMILES string of the molecule is CCC(CC#N)Oc1ccc(C)cc1C. The summed E-state index contributed by atoms with van der Waals surface area (Å²) in [6.45, 7) is 6.12. The maximum absolute atomic E-state index is 8.63. The lowest BCUT2D eigenvalue weighted by molar-refractivity contribution is 0.201. The van der Waals surface area contributed by atoms with Crippen molar-refractivity contribution in [2.24, 2.45) is 0 Å². The van der Waals surface area contributed by atoms with Gasteiger partial charge in [-0.25, -0.2) is 0 Å². The number of nitrogens with zero attached hydrogens (tertiary/aromatic N) is 1. The predicted molar refractivity (Wildman–Crippen MR) is 60.9 cm³/mol. The molecule has 1 rings (SSSR count). The van der Waals surface area contributed by atoms with Gasteiger partial charge in [-0.15, -0.1) is 0 Å². The van der Waals surface area contributed by atoms with Gasteiger partial charge in [0.15, 0.2) is 0 Å². The zero-order chi connectivity index (χ0) is 11.3. The second kappa shape index (κ2) is 5.41. The van der Waals surface area contributed by atoms with Crippen LogP contribution in [0.2, 0.25) is 0 Å². The highest BCUT2D eigenvalue weighted by molar-refractivity contribution is 5.35. The third-order valence-corrected chi connectivity index (χ3v) is 2.40. The zero-order valence-electron chi connectivity index (χ0n) is 9.58. The summed E-state index contributed by atoms with van der Waals surface area (Å²) >= 11 is 0. The fraction of sp³-hybridized carbons (Fsp3) is 0.462.